The summed E-state index contributed by atoms with van der Waals surface area (Å²) in [6, 6.07) is 24.1. The highest BCUT2D eigenvalue weighted by molar-refractivity contribution is 6.15. The molecular formula is C30H26FN5O3. The molecule has 0 saturated carbocycles. The molecular weight excluding hydrogens is 497 g/mol. The molecule has 0 fully saturated rings. The number of halogens is 1. The number of fused-ring (bicyclic) bond motifs is 4. The predicted molar refractivity (Wildman–Crippen MR) is 151 cm³/mol. The summed E-state index contributed by atoms with van der Waals surface area (Å²) in [5, 5.41) is 14.2. The summed E-state index contributed by atoms with van der Waals surface area (Å²) in [4.78, 5) is 20.2. The SMILES string of the molecule is NC(=O)c1ccc(-n2c3ccccc3c3c(-c4nc5ccc(F)cc5[nH]4)cccc32)cc1NCCOCCO. The lowest BCUT2D eigenvalue weighted by Crippen LogP contribution is -2.17. The monoisotopic (exact) mass is 523 g/mol. The molecule has 0 bridgehead atoms. The van der Waals surface area contributed by atoms with Crippen molar-refractivity contribution >= 4 is 44.4 Å². The standard InChI is InChI=1S/C30H26FN5O3/c31-18-8-11-23-25(16-18)35-30(34-23)22-5-3-7-27-28(22)21-4-1-2-6-26(21)36(27)19-9-10-20(29(32)38)24(17-19)33-12-14-39-15-13-37/h1-11,16-17,33,37H,12-15H2,(H2,32,38)(H,34,35). The number of aliphatic hydroxyl groups excluding tert-OH is 1. The molecule has 0 unspecified atom stereocenters. The number of nitrogens with one attached hydrogen (secondary N) is 2. The average Bonchev–Trinajstić information content (AvgIpc) is 3.51. The first-order valence-electron chi connectivity index (χ1n) is 12.6. The Kier molecular flexibility index (Phi) is 6.44. The number of aromatic nitrogens is 3. The fourth-order valence-electron chi connectivity index (χ4n) is 5.06. The Bertz CT molecular complexity index is 1840. The number of benzene rings is 4. The van der Waals surface area contributed by atoms with Crippen LogP contribution in [0.2, 0.25) is 0 Å². The van der Waals surface area contributed by atoms with Crippen molar-refractivity contribution < 1.29 is 19.0 Å². The summed E-state index contributed by atoms with van der Waals surface area (Å²) in [5.74, 6) is -0.208. The molecule has 1 amide bonds. The molecule has 0 aliphatic heterocycles. The molecule has 0 aliphatic carbocycles. The maximum atomic E-state index is 13.8. The third-order valence-electron chi connectivity index (χ3n) is 6.72. The maximum absolute atomic E-state index is 13.8. The molecule has 2 aromatic heterocycles. The van der Waals surface area contributed by atoms with Crippen LogP contribution in [-0.2, 0) is 4.74 Å². The zero-order valence-electron chi connectivity index (χ0n) is 20.9. The second-order valence-corrected chi connectivity index (χ2v) is 9.16. The molecule has 8 nitrogen and oxygen atoms in total. The summed E-state index contributed by atoms with van der Waals surface area (Å²) in [6.07, 6.45) is 0. The number of primary amides is 1. The van der Waals surface area contributed by atoms with Gasteiger partial charge in [-0.3, -0.25) is 4.79 Å². The van der Waals surface area contributed by atoms with E-state index in [-0.39, 0.29) is 19.0 Å². The largest absolute Gasteiger partial charge is 0.394 e. The Labute approximate surface area is 222 Å². The average molecular weight is 524 g/mol. The third kappa shape index (κ3) is 4.47. The van der Waals surface area contributed by atoms with E-state index in [2.05, 4.69) is 20.9 Å². The van der Waals surface area contributed by atoms with E-state index in [1.807, 2.05) is 48.5 Å². The van der Waals surface area contributed by atoms with Gasteiger partial charge < -0.3 is 30.4 Å². The van der Waals surface area contributed by atoms with E-state index in [0.29, 0.717) is 41.3 Å². The highest BCUT2D eigenvalue weighted by atomic mass is 19.1. The van der Waals surface area contributed by atoms with Crippen molar-refractivity contribution in [2.24, 2.45) is 5.73 Å². The lowest BCUT2D eigenvalue weighted by molar-refractivity contribution is 0.0989. The molecule has 39 heavy (non-hydrogen) atoms. The number of H-pyrrole nitrogens is 1. The number of nitrogens with zero attached hydrogens (tertiary/aromatic N) is 2. The van der Waals surface area contributed by atoms with Gasteiger partial charge in [-0.2, -0.15) is 0 Å². The van der Waals surface area contributed by atoms with Crippen LogP contribution in [0.25, 0.3) is 49.9 Å². The number of carbonyl (C=O) groups is 1. The number of imidazole rings is 1. The minimum Gasteiger partial charge on any atom is -0.394 e. The van der Waals surface area contributed by atoms with Crippen molar-refractivity contribution in [2.75, 3.05) is 31.7 Å². The number of ether oxygens (including phenoxy) is 1. The highest BCUT2D eigenvalue weighted by Gasteiger charge is 2.19. The van der Waals surface area contributed by atoms with Gasteiger partial charge in [0.15, 0.2) is 0 Å². The Morgan fingerprint density at radius 2 is 1.87 bits per heavy atom. The minimum absolute atomic E-state index is 0.0529. The van der Waals surface area contributed by atoms with Crippen LogP contribution in [0.1, 0.15) is 10.4 Å². The van der Waals surface area contributed by atoms with Crippen molar-refractivity contribution in [3.05, 3.63) is 90.2 Å². The zero-order chi connectivity index (χ0) is 26.9. The number of rotatable bonds is 9. The van der Waals surface area contributed by atoms with Gasteiger partial charge >= 0.3 is 0 Å². The smallest absolute Gasteiger partial charge is 0.250 e. The minimum atomic E-state index is -0.536. The third-order valence-corrected chi connectivity index (χ3v) is 6.72. The molecule has 4 aromatic carbocycles. The van der Waals surface area contributed by atoms with E-state index in [9.17, 15) is 9.18 Å². The van der Waals surface area contributed by atoms with Gasteiger partial charge in [-0.15, -0.1) is 0 Å². The lowest BCUT2D eigenvalue weighted by Gasteiger charge is -2.14. The fraction of sp³-hybridized carbons (Fsp3) is 0.133. The van der Waals surface area contributed by atoms with Crippen molar-refractivity contribution in [2.45, 2.75) is 0 Å². The number of carbonyl (C=O) groups excluding carboxylic acids is 1. The summed E-state index contributed by atoms with van der Waals surface area (Å²) >= 11 is 0. The molecule has 0 aliphatic rings. The van der Waals surface area contributed by atoms with Crippen LogP contribution in [0, 0.1) is 5.82 Å². The second kappa shape index (κ2) is 10.2. The molecule has 6 rings (SSSR count). The molecule has 0 saturated heterocycles. The molecule has 0 spiro atoms. The number of para-hydroxylation sites is 1. The Hall–Kier alpha value is -4.73. The first-order valence-corrected chi connectivity index (χ1v) is 12.6. The summed E-state index contributed by atoms with van der Waals surface area (Å²) < 4.78 is 21.3. The van der Waals surface area contributed by atoms with E-state index in [4.69, 9.17) is 20.6 Å². The molecule has 5 N–H and O–H groups in total. The van der Waals surface area contributed by atoms with Crippen molar-refractivity contribution in [3.63, 3.8) is 0 Å². The van der Waals surface area contributed by atoms with Crippen molar-refractivity contribution in [1.29, 1.82) is 0 Å². The molecule has 9 heteroatoms. The zero-order valence-corrected chi connectivity index (χ0v) is 20.9. The van der Waals surface area contributed by atoms with Gasteiger partial charge in [0.1, 0.15) is 11.6 Å². The van der Waals surface area contributed by atoms with E-state index in [1.165, 1.54) is 12.1 Å². The van der Waals surface area contributed by atoms with Crippen LogP contribution in [-0.4, -0.2) is 51.9 Å². The lowest BCUT2D eigenvalue weighted by atomic mass is 10.1. The molecule has 2 heterocycles. The fourth-order valence-corrected chi connectivity index (χ4v) is 5.06. The Balaban J connectivity index is 1.51. The first kappa shape index (κ1) is 24.6. The second-order valence-electron chi connectivity index (χ2n) is 9.16. The quantitative estimate of drug-likeness (QED) is 0.199. The maximum Gasteiger partial charge on any atom is 0.250 e. The van der Waals surface area contributed by atoms with Crippen molar-refractivity contribution in [1.82, 2.24) is 14.5 Å². The Morgan fingerprint density at radius 1 is 1.03 bits per heavy atom. The van der Waals surface area contributed by atoms with Crippen LogP contribution < -0.4 is 11.1 Å². The topological polar surface area (TPSA) is 118 Å². The summed E-state index contributed by atoms with van der Waals surface area (Å²) in [5.41, 5.74) is 11.6. The molecule has 196 valence electrons. The van der Waals surface area contributed by atoms with E-state index in [1.54, 1.807) is 12.1 Å². The number of hydrogen-bond acceptors (Lipinski definition) is 5. The number of anilines is 1. The van der Waals surface area contributed by atoms with Crippen LogP contribution in [0.15, 0.2) is 78.9 Å². The van der Waals surface area contributed by atoms with Gasteiger partial charge in [-0.1, -0.05) is 30.3 Å². The van der Waals surface area contributed by atoms with Gasteiger partial charge in [-0.05, 0) is 48.5 Å². The van der Waals surface area contributed by atoms with E-state index < -0.39 is 5.91 Å². The predicted octanol–water partition coefficient (Wildman–Crippen LogP) is 4.99. The molecule has 6 aromatic rings. The number of nitrogens with two attached hydrogens (primary N) is 1. The van der Waals surface area contributed by atoms with E-state index >= 15 is 0 Å². The van der Waals surface area contributed by atoms with Gasteiger partial charge in [0, 0.05) is 34.3 Å². The van der Waals surface area contributed by atoms with Crippen molar-refractivity contribution in [3.8, 4) is 17.1 Å². The Morgan fingerprint density at radius 3 is 2.72 bits per heavy atom. The van der Waals surface area contributed by atoms with Crippen LogP contribution in [0.3, 0.4) is 0 Å². The molecule has 0 atom stereocenters. The van der Waals surface area contributed by atoms with Crippen LogP contribution >= 0.6 is 0 Å². The van der Waals surface area contributed by atoms with Gasteiger partial charge in [0.2, 0.25) is 0 Å². The molecule has 0 radical (unpaired) electrons. The van der Waals surface area contributed by atoms with Gasteiger partial charge in [0.05, 0.1) is 47.5 Å². The normalized spacial score (nSPS) is 11.5. The van der Waals surface area contributed by atoms with Gasteiger partial charge in [-0.25, -0.2) is 9.37 Å². The first-order chi connectivity index (χ1) is 19.0. The van der Waals surface area contributed by atoms with Crippen LogP contribution in [0.4, 0.5) is 10.1 Å². The number of amides is 1. The van der Waals surface area contributed by atoms with Gasteiger partial charge in [0.25, 0.3) is 5.91 Å². The summed E-state index contributed by atoms with van der Waals surface area (Å²) in [7, 11) is 0. The van der Waals surface area contributed by atoms with Crippen LogP contribution in [0.5, 0.6) is 0 Å². The highest BCUT2D eigenvalue weighted by Crippen LogP contribution is 2.38. The number of hydrogen-bond donors (Lipinski definition) is 4. The van der Waals surface area contributed by atoms with E-state index in [0.717, 1.165) is 33.1 Å². The number of aromatic amines is 1. The number of aliphatic hydroxyl groups is 1. The summed E-state index contributed by atoms with van der Waals surface area (Å²) in [6.45, 7) is 0.994.